The van der Waals surface area contributed by atoms with Crippen molar-refractivity contribution >= 4 is 15.9 Å². The topological polar surface area (TPSA) is 106 Å². The number of hydrogen-bond acceptors (Lipinski definition) is 7. The molecule has 2 aliphatic heterocycles. The molecule has 2 aromatic rings. The Morgan fingerprint density at radius 2 is 1.79 bits per heavy atom. The van der Waals surface area contributed by atoms with E-state index in [1.165, 1.54) is 4.31 Å². The van der Waals surface area contributed by atoms with E-state index in [-0.39, 0.29) is 22.5 Å². The van der Waals surface area contributed by atoms with Gasteiger partial charge in [0.25, 0.3) is 0 Å². The van der Waals surface area contributed by atoms with Gasteiger partial charge in [0, 0.05) is 31.7 Å². The zero-order chi connectivity index (χ0) is 20.4. The summed E-state index contributed by atoms with van der Waals surface area (Å²) >= 11 is 0. The van der Waals surface area contributed by atoms with Crippen LogP contribution in [-0.2, 0) is 14.8 Å². The number of ether oxygens (including phenoxy) is 1. The number of amides is 1. The molecule has 3 heterocycles. The van der Waals surface area contributed by atoms with Crippen molar-refractivity contribution in [3.05, 3.63) is 29.7 Å². The maximum Gasteiger partial charge on any atom is 0.316 e. The van der Waals surface area contributed by atoms with Crippen LogP contribution in [0.3, 0.4) is 0 Å². The minimum atomic E-state index is -3.66. The molecule has 1 amide bonds. The highest BCUT2D eigenvalue weighted by Gasteiger charge is 2.29. The van der Waals surface area contributed by atoms with Gasteiger partial charge < -0.3 is 14.2 Å². The lowest BCUT2D eigenvalue weighted by atomic mass is 10.1. The largest absolute Gasteiger partial charge is 0.379 e. The van der Waals surface area contributed by atoms with Gasteiger partial charge in [-0.3, -0.25) is 4.79 Å². The zero-order valence-corrected chi connectivity index (χ0v) is 17.2. The van der Waals surface area contributed by atoms with Crippen molar-refractivity contribution in [1.29, 1.82) is 0 Å². The minimum Gasteiger partial charge on any atom is -0.379 e. The molecular formula is C19H24N4O5S. The van der Waals surface area contributed by atoms with Gasteiger partial charge in [0.15, 0.2) is 0 Å². The normalized spacial score (nSPS) is 18.7. The number of likely N-dealkylation sites (tertiary alicyclic amines) is 1. The average molecular weight is 420 g/mol. The second-order valence-electron chi connectivity index (χ2n) is 7.27. The number of carbonyl (C=O) groups excluding carboxylic acids is 1. The molecule has 9 nitrogen and oxygen atoms in total. The molecule has 0 N–H and O–H groups in total. The highest BCUT2D eigenvalue weighted by atomic mass is 32.2. The predicted molar refractivity (Wildman–Crippen MR) is 104 cm³/mol. The monoisotopic (exact) mass is 420 g/mol. The standard InChI is InChI=1S/C19H24N4O5S/c1-14-5-6-15(13-16(14)29(25,26)23-9-11-27-12-10-23)17-20-18(28-21-17)19(24)22-7-3-2-4-8-22/h5-6,13H,2-4,7-12H2,1H3. The van der Waals surface area contributed by atoms with E-state index in [4.69, 9.17) is 9.26 Å². The predicted octanol–water partition coefficient (Wildman–Crippen LogP) is 1.69. The molecule has 2 saturated heterocycles. The van der Waals surface area contributed by atoms with E-state index < -0.39 is 10.0 Å². The van der Waals surface area contributed by atoms with Gasteiger partial charge in [-0.25, -0.2) is 8.42 Å². The van der Waals surface area contributed by atoms with Crippen LogP contribution in [0.15, 0.2) is 27.6 Å². The molecule has 2 fully saturated rings. The van der Waals surface area contributed by atoms with E-state index in [1.807, 2.05) is 0 Å². The smallest absolute Gasteiger partial charge is 0.316 e. The van der Waals surface area contributed by atoms with Crippen molar-refractivity contribution in [3.8, 4) is 11.4 Å². The van der Waals surface area contributed by atoms with Crippen molar-refractivity contribution in [2.24, 2.45) is 0 Å². The Labute approximate surface area is 169 Å². The molecule has 10 heteroatoms. The fraction of sp³-hybridized carbons (Fsp3) is 0.526. The fourth-order valence-electron chi connectivity index (χ4n) is 3.60. The van der Waals surface area contributed by atoms with E-state index in [0.29, 0.717) is 50.5 Å². The van der Waals surface area contributed by atoms with Crippen LogP contribution in [0.1, 0.15) is 35.5 Å². The van der Waals surface area contributed by atoms with Gasteiger partial charge in [0.05, 0.1) is 18.1 Å². The first-order valence-electron chi connectivity index (χ1n) is 9.79. The first-order valence-corrected chi connectivity index (χ1v) is 11.2. The summed E-state index contributed by atoms with van der Waals surface area (Å²) in [5.41, 5.74) is 1.12. The number of morpholine rings is 1. The van der Waals surface area contributed by atoms with Crippen molar-refractivity contribution in [2.75, 3.05) is 39.4 Å². The van der Waals surface area contributed by atoms with E-state index in [0.717, 1.165) is 19.3 Å². The van der Waals surface area contributed by atoms with Gasteiger partial charge in [-0.05, 0) is 37.8 Å². The summed E-state index contributed by atoms with van der Waals surface area (Å²) in [7, 11) is -3.66. The number of hydrogen-bond donors (Lipinski definition) is 0. The van der Waals surface area contributed by atoms with Crippen LogP contribution in [-0.4, -0.2) is 73.1 Å². The third kappa shape index (κ3) is 4.05. The van der Waals surface area contributed by atoms with E-state index in [1.54, 1.807) is 30.0 Å². The van der Waals surface area contributed by atoms with Gasteiger partial charge in [-0.15, -0.1) is 0 Å². The summed E-state index contributed by atoms with van der Waals surface area (Å²) in [6.07, 6.45) is 3.05. The highest BCUT2D eigenvalue weighted by molar-refractivity contribution is 7.89. The summed E-state index contributed by atoms with van der Waals surface area (Å²) < 4.78 is 38.0. The number of aromatic nitrogens is 2. The van der Waals surface area contributed by atoms with Gasteiger partial charge in [0.1, 0.15) is 0 Å². The summed E-state index contributed by atoms with van der Waals surface area (Å²) in [5, 5.41) is 3.91. The lowest BCUT2D eigenvalue weighted by molar-refractivity contribution is 0.0674. The Hall–Kier alpha value is -2.30. The summed E-state index contributed by atoms with van der Waals surface area (Å²) in [6.45, 7) is 4.52. The lowest BCUT2D eigenvalue weighted by Gasteiger charge is -2.26. The summed E-state index contributed by atoms with van der Waals surface area (Å²) in [4.78, 5) is 18.7. The number of piperidine rings is 1. The Bertz CT molecular complexity index is 992. The van der Waals surface area contributed by atoms with Gasteiger partial charge >= 0.3 is 11.8 Å². The van der Waals surface area contributed by atoms with E-state index in [2.05, 4.69) is 10.1 Å². The van der Waals surface area contributed by atoms with Crippen LogP contribution in [0, 0.1) is 6.92 Å². The maximum absolute atomic E-state index is 13.1. The number of sulfonamides is 1. The van der Waals surface area contributed by atoms with E-state index in [9.17, 15) is 13.2 Å². The number of carbonyl (C=O) groups is 1. The lowest BCUT2D eigenvalue weighted by Crippen LogP contribution is -2.40. The van der Waals surface area contributed by atoms with Crippen LogP contribution in [0.4, 0.5) is 0 Å². The Morgan fingerprint density at radius 3 is 2.52 bits per heavy atom. The summed E-state index contributed by atoms with van der Waals surface area (Å²) in [5.74, 6) is -0.152. The molecule has 1 aromatic carbocycles. The molecular weight excluding hydrogens is 396 g/mol. The Morgan fingerprint density at radius 1 is 1.07 bits per heavy atom. The van der Waals surface area contributed by atoms with Gasteiger partial charge in [-0.1, -0.05) is 17.3 Å². The van der Waals surface area contributed by atoms with Crippen molar-refractivity contribution in [1.82, 2.24) is 19.3 Å². The van der Waals surface area contributed by atoms with Crippen molar-refractivity contribution < 1.29 is 22.5 Å². The maximum atomic E-state index is 13.1. The second kappa shape index (κ2) is 8.21. The summed E-state index contributed by atoms with van der Waals surface area (Å²) in [6, 6.07) is 4.99. The molecule has 0 aliphatic carbocycles. The molecule has 1 aromatic heterocycles. The van der Waals surface area contributed by atoms with Crippen LogP contribution >= 0.6 is 0 Å². The zero-order valence-electron chi connectivity index (χ0n) is 16.3. The van der Waals surface area contributed by atoms with Crippen LogP contribution in [0.5, 0.6) is 0 Å². The van der Waals surface area contributed by atoms with E-state index >= 15 is 0 Å². The molecule has 0 atom stereocenters. The molecule has 0 bridgehead atoms. The Kier molecular flexibility index (Phi) is 5.66. The van der Waals surface area contributed by atoms with Crippen molar-refractivity contribution in [3.63, 3.8) is 0 Å². The molecule has 0 saturated carbocycles. The van der Waals surface area contributed by atoms with Crippen LogP contribution < -0.4 is 0 Å². The molecule has 4 rings (SSSR count). The molecule has 2 aliphatic rings. The van der Waals surface area contributed by atoms with Gasteiger partial charge in [0.2, 0.25) is 15.8 Å². The molecule has 29 heavy (non-hydrogen) atoms. The molecule has 156 valence electrons. The van der Waals surface area contributed by atoms with Crippen LogP contribution in [0.25, 0.3) is 11.4 Å². The van der Waals surface area contributed by atoms with Gasteiger partial charge in [-0.2, -0.15) is 9.29 Å². The van der Waals surface area contributed by atoms with Crippen molar-refractivity contribution in [2.45, 2.75) is 31.1 Å². The number of nitrogens with zero attached hydrogens (tertiary/aromatic N) is 4. The third-order valence-corrected chi connectivity index (χ3v) is 7.33. The highest BCUT2D eigenvalue weighted by Crippen LogP contribution is 2.26. The fourth-order valence-corrected chi connectivity index (χ4v) is 5.26. The molecule has 0 spiro atoms. The first-order chi connectivity index (χ1) is 14.0. The second-order valence-corrected chi connectivity index (χ2v) is 9.18. The quantitative estimate of drug-likeness (QED) is 0.741. The SMILES string of the molecule is Cc1ccc(-c2noc(C(=O)N3CCCCC3)n2)cc1S(=O)(=O)N1CCOCC1. The molecule has 0 radical (unpaired) electrons. The third-order valence-electron chi connectivity index (χ3n) is 5.29. The minimum absolute atomic E-state index is 0.0694. The molecule has 0 unspecified atom stereocenters. The number of benzene rings is 1. The number of aryl methyl sites for hydroxylation is 1. The average Bonchev–Trinajstić information content (AvgIpc) is 3.25. The van der Waals surface area contributed by atoms with Crippen LogP contribution in [0.2, 0.25) is 0 Å². The Balaban J connectivity index is 1.61. The number of rotatable bonds is 4. The first kappa shape index (κ1) is 20.0.